The number of aromatic nitrogens is 2. The maximum absolute atomic E-state index is 6.36. The molecule has 1 aliphatic carbocycles. The zero-order valence-corrected chi connectivity index (χ0v) is 12.9. The molecule has 108 valence electrons. The number of hydrogen-bond donors (Lipinski definition) is 1. The molecule has 3 nitrogen and oxygen atoms in total. The molecule has 0 radical (unpaired) electrons. The standard InChI is InChI=1S/C16H29N3/c1-11(2)10-14-15(17)19(12(3)4)16(18-14)13-8-6-5-7-9-13/h11-13H,5-10,17H2,1-4H3. The second-order valence-electron chi connectivity index (χ2n) is 6.70. The molecule has 0 amide bonds. The molecule has 19 heavy (non-hydrogen) atoms. The third-order valence-corrected chi connectivity index (χ3v) is 4.14. The number of imidazole rings is 1. The number of nitrogens with two attached hydrogens (primary N) is 1. The van der Waals surface area contributed by atoms with Crippen LogP contribution in [0.15, 0.2) is 0 Å². The molecule has 1 aromatic rings. The molecule has 1 saturated carbocycles. The Balaban J connectivity index is 2.34. The van der Waals surface area contributed by atoms with Crippen molar-refractivity contribution in [3.63, 3.8) is 0 Å². The second-order valence-corrected chi connectivity index (χ2v) is 6.70. The van der Waals surface area contributed by atoms with E-state index in [1.165, 1.54) is 37.9 Å². The number of anilines is 1. The van der Waals surface area contributed by atoms with E-state index < -0.39 is 0 Å². The lowest BCUT2D eigenvalue weighted by atomic mass is 9.88. The van der Waals surface area contributed by atoms with Crippen LogP contribution in [-0.2, 0) is 6.42 Å². The highest BCUT2D eigenvalue weighted by atomic mass is 15.2. The number of nitrogens with zero attached hydrogens (tertiary/aromatic N) is 2. The van der Waals surface area contributed by atoms with Gasteiger partial charge in [-0.15, -0.1) is 0 Å². The molecule has 2 rings (SSSR count). The molecule has 1 fully saturated rings. The van der Waals surface area contributed by atoms with E-state index >= 15 is 0 Å². The van der Waals surface area contributed by atoms with Gasteiger partial charge in [0.05, 0.1) is 5.69 Å². The Labute approximate surface area is 117 Å². The van der Waals surface area contributed by atoms with Gasteiger partial charge in [-0.3, -0.25) is 0 Å². The predicted octanol–water partition coefficient (Wildman–Crippen LogP) is 4.29. The minimum absolute atomic E-state index is 0.408. The minimum Gasteiger partial charge on any atom is -0.384 e. The van der Waals surface area contributed by atoms with E-state index in [0.29, 0.717) is 17.9 Å². The largest absolute Gasteiger partial charge is 0.384 e. The Morgan fingerprint density at radius 2 is 1.79 bits per heavy atom. The van der Waals surface area contributed by atoms with Gasteiger partial charge in [0.1, 0.15) is 11.6 Å². The fourth-order valence-corrected chi connectivity index (χ4v) is 3.24. The van der Waals surface area contributed by atoms with E-state index in [1.54, 1.807) is 0 Å². The fraction of sp³-hybridized carbons (Fsp3) is 0.812. The van der Waals surface area contributed by atoms with E-state index in [4.69, 9.17) is 10.7 Å². The Morgan fingerprint density at radius 1 is 1.16 bits per heavy atom. The summed E-state index contributed by atoms with van der Waals surface area (Å²) in [6.45, 7) is 8.88. The van der Waals surface area contributed by atoms with Crippen LogP contribution in [0.1, 0.15) is 83.3 Å². The van der Waals surface area contributed by atoms with Gasteiger partial charge in [0, 0.05) is 12.0 Å². The maximum Gasteiger partial charge on any atom is 0.127 e. The van der Waals surface area contributed by atoms with E-state index in [0.717, 1.165) is 17.9 Å². The topological polar surface area (TPSA) is 43.8 Å². The Kier molecular flexibility index (Phi) is 4.54. The summed E-state index contributed by atoms with van der Waals surface area (Å²) in [4.78, 5) is 4.93. The SMILES string of the molecule is CC(C)Cc1nc(C2CCCCC2)n(C(C)C)c1N. The van der Waals surface area contributed by atoms with Crippen molar-refractivity contribution in [2.45, 2.75) is 78.2 Å². The van der Waals surface area contributed by atoms with Gasteiger partial charge in [0.15, 0.2) is 0 Å². The van der Waals surface area contributed by atoms with E-state index in [9.17, 15) is 0 Å². The van der Waals surface area contributed by atoms with Crippen molar-refractivity contribution in [3.8, 4) is 0 Å². The van der Waals surface area contributed by atoms with Gasteiger partial charge in [-0.25, -0.2) is 4.98 Å². The highest BCUT2D eigenvalue weighted by Gasteiger charge is 2.25. The van der Waals surface area contributed by atoms with E-state index in [-0.39, 0.29) is 0 Å². The average Bonchev–Trinajstić information content (AvgIpc) is 2.67. The molecule has 0 atom stereocenters. The highest BCUT2D eigenvalue weighted by Crippen LogP contribution is 2.35. The zero-order valence-electron chi connectivity index (χ0n) is 12.9. The average molecular weight is 263 g/mol. The van der Waals surface area contributed by atoms with E-state index in [2.05, 4.69) is 32.3 Å². The van der Waals surface area contributed by atoms with Gasteiger partial charge in [-0.05, 0) is 39.0 Å². The first-order valence-electron chi connectivity index (χ1n) is 7.87. The van der Waals surface area contributed by atoms with Crippen LogP contribution in [0.25, 0.3) is 0 Å². The van der Waals surface area contributed by atoms with Gasteiger partial charge < -0.3 is 10.3 Å². The number of nitrogen functional groups attached to an aromatic ring is 1. The van der Waals surface area contributed by atoms with Gasteiger partial charge in [-0.2, -0.15) is 0 Å². The van der Waals surface area contributed by atoms with Crippen molar-refractivity contribution < 1.29 is 0 Å². The maximum atomic E-state index is 6.36. The zero-order chi connectivity index (χ0) is 14.0. The summed E-state index contributed by atoms with van der Waals surface area (Å²) in [5.41, 5.74) is 7.48. The molecule has 1 aromatic heterocycles. The summed E-state index contributed by atoms with van der Waals surface area (Å²) < 4.78 is 2.29. The third-order valence-electron chi connectivity index (χ3n) is 4.14. The minimum atomic E-state index is 0.408. The van der Waals surface area contributed by atoms with Crippen molar-refractivity contribution in [2.75, 3.05) is 5.73 Å². The van der Waals surface area contributed by atoms with Crippen LogP contribution >= 0.6 is 0 Å². The van der Waals surface area contributed by atoms with Crippen molar-refractivity contribution in [2.24, 2.45) is 5.92 Å². The Hall–Kier alpha value is -0.990. The van der Waals surface area contributed by atoms with Crippen LogP contribution in [0.3, 0.4) is 0 Å². The summed E-state index contributed by atoms with van der Waals surface area (Å²) in [6.07, 6.45) is 7.62. The summed E-state index contributed by atoms with van der Waals surface area (Å²) in [5.74, 6) is 3.39. The summed E-state index contributed by atoms with van der Waals surface area (Å²) >= 11 is 0. The normalized spacial score (nSPS) is 17.6. The van der Waals surface area contributed by atoms with Crippen LogP contribution < -0.4 is 5.73 Å². The molecule has 0 bridgehead atoms. The molecule has 3 heteroatoms. The molecule has 0 aromatic carbocycles. The lowest BCUT2D eigenvalue weighted by Gasteiger charge is -2.24. The smallest absolute Gasteiger partial charge is 0.127 e. The van der Waals surface area contributed by atoms with Crippen molar-refractivity contribution in [1.29, 1.82) is 0 Å². The first-order chi connectivity index (χ1) is 9.00. The van der Waals surface area contributed by atoms with Gasteiger partial charge >= 0.3 is 0 Å². The van der Waals surface area contributed by atoms with E-state index in [1.807, 2.05) is 0 Å². The lowest BCUT2D eigenvalue weighted by molar-refractivity contribution is 0.407. The van der Waals surface area contributed by atoms with Crippen LogP contribution in [0.5, 0.6) is 0 Å². The van der Waals surface area contributed by atoms with Gasteiger partial charge in [0.2, 0.25) is 0 Å². The summed E-state index contributed by atoms with van der Waals surface area (Å²) in [5, 5.41) is 0. The van der Waals surface area contributed by atoms with Crippen molar-refractivity contribution in [1.82, 2.24) is 9.55 Å². The molecule has 0 aliphatic heterocycles. The molecule has 0 unspecified atom stereocenters. The molecule has 1 aliphatic rings. The monoisotopic (exact) mass is 263 g/mol. The van der Waals surface area contributed by atoms with Crippen LogP contribution in [0.4, 0.5) is 5.82 Å². The van der Waals surface area contributed by atoms with Gasteiger partial charge in [0.25, 0.3) is 0 Å². The van der Waals surface area contributed by atoms with Crippen LogP contribution in [0.2, 0.25) is 0 Å². The quantitative estimate of drug-likeness (QED) is 0.880. The third kappa shape index (κ3) is 3.13. The van der Waals surface area contributed by atoms with Crippen molar-refractivity contribution >= 4 is 5.82 Å². The van der Waals surface area contributed by atoms with Gasteiger partial charge in [-0.1, -0.05) is 33.1 Å². The highest BCUT2D eigenvalue weighted by molar-refractivity contribution is 5.40. The first-order valence-corrected chi connectivity index (χ1v) is 7.87. The molecule has 0 saturated heterocycles. The second kappa shape index (κ2) is 5.98. The van der Waals surface area contributed by atoms with Crippen LogP contribution in [0, 0.1) is 5.92 Å². The molecular formula is C16H29N3. The predicted molar refractivity (Wildman–Crippen MR) is 81.4 cm³/mol. The lowest BCUT2D eigenvalue weighted by Crippen LogP contribution is -2.15. The van der Waals surface area contributed by atoms with Crippen LogP contribution in [-0.4, -0.2) is 9.55 Å². The Bertz CT molecular complexity index is 412. The molecule has 1 heterocycles. The fourth-order valence-electron chi connectivity index (χ4n) is 3.24. The first kappa shape index (κ1) is 14.4. The van der Waals surface area contributed by atoms with Crippen molar-refractivity contribution in [3.05, 3.63) is 11.5 Å². The molecular weight excluding hydrogens is 234 g/mol. The number of rotatable bonds is 4. The number of hydrogen-bond acceptors (Lipinski definition) is 2. The summed E-state index contributed by atoms with van der Waals surface area (Å²) in [7, 11) is 0. The summed E-state index contributed by atoms with van der Waals surface area (Å²) in [6, 6.07) is 0.408. The molecule has 0 spiro atoms. The molecule has 2 N–H and O–H groups in total. The Morgan fingerprint density at radius 3 is 2.32 bits per heavy atom.